The van der Waals surface area contributed by atoms with Gasteiger partial charge in [-0.1, -0.05) is 24.3 Å². The summed E-state index contributed by atoms with van der Waals surface area (Å²) in [7, 11) is 1.50. The number of cyclic esters (lactones) is 1. The number of methoxy groups -OCH3 is 1. The summed E-state index contributed by atoms with van der Waals surface area (Å²) in [5.74, 6) is -1.14. The lowest BCUT2D eigenvalue weighted by atomic mass is 9.87. The maximum Gasteiger partial charge on any atom is 0.342 e. The van der Waals surface area contributed by atoms with Crippen LogP contribution in [0.4, 0.5) is 0 Å². The van der Waals surface area contributed by atoms with Crippen molar-refractivity contribution in [3.8, 4) is 17.2 Å². The average Bonchev–Trinajstić information content (AvgIpc) is 3.57. The molecule has 0 amide bonds. The normalized spacial score (nSPS) is 19.1. The van der Waals surface area contributed by atoms with E-state index >= 15 is 0 Å². The van der Waals surface area contributed by atoms with Crippen LogP contribution in [0.25, 0.3) is 16.6 Å². The van der Waals surface area contributed by atoms with Crippen LogP contribution in [0.3, 0.4) is 0 Å². The lowest BCUT2D eigenvalue weighted by Crippen LogP contribution is -2.30. The maximum absolute atomic E-state index is 13.3. The molecule has 0 spiro atoms. The Labute approximate surface area is 198 Å². The minimum Gasteiger partial charge on any atom is -0.496 e. The Morgan fingerprint density at radius 3 is 2.74 bits per heavy atom. The highest BCUT2D eigenvalue weighted by Gasteiger charge is 2.49. The van der Waals surface area contributed by atoms with Crippen molar-refractivity contribution in [2.75, 3.05) is 13.9 Å². The predicted octanol–water partition coefficient (Wildman–Crippen LogP) is 3.83. The Morgan fingerprint density at radius 1 is 1.03 bits per heavy atom. The zero-order chi connectivity index (χ0) is 23.3. The molecule has 8 nitrogen and oxygen atoms in total. The Bertz CT molecular complexity index is 1480. The Balaban J connectivity index is 1.55. The molecule has 4 aromatic rings. The first-order valence-corrected chi connectivity index (χ1v) is 11.2. The molecule has 1 N–H and O–H groups in total. The van der Waals surface area contributed by atoms with Crippen molar-refractivity contribution in [1.29, 1.82) is 0 Å². The smallest absolute Gasteiger partial charge is 0.342 e. The van der Waals surface area contributed by atoms with Crippen LogP contribution in [0.5, 0.6) is 17.2 Å². The molecule has 1 unspecified atom stereocenters. The number of rotatable bonds is 5. The molecule has 3 aromatic carbocycles. The number of fused-ring (bicyclic) bond motifs is 2. The second-order valence-electron chi connectivity index (χ2n) is 7.92. The summed E-state index contributed by atoms with van der Waals surface area (Å²) in [5, 5.41) is 11.9. The SMILES string of the molecule is COc1ccccc1C1(O)OC(=O)C(c2ccc3c(c2)OCO3)=C1Cc1ccc2nsnc2c1. The van der Waals surface area contributed by atoms with Gasteiger partial charge in [0.2, 0.25) is 6.79 Å². The molecule has 34 heavy (non-hydrogen) atoms. The van der Waals surface area contributed by atoms with Crippen molar-refractivity contribution in [3.05, 3.63) is 82.9 Å². The fourth-order valence-electron chi connectivity index (χ4n) is 4.38. The van der Waals surface area contributed by atoms with E-state index in [1.54, 1.807) is 42.5 Å². The zero-order valence-electron chi connectivity index (χ0n) is 18.0. The van der Waals surface area contributed by atoms with E-state index in [1.807, 2.05) is 18.2 Å². The third kappa shape index (κ3) is 3.20. The lowest BCUT2D eigenvalue weighted by Gasteiger charge is -2.27. The summed E-state index contributed by atoms with van der Waals surface area (Å²) in [6, 6.07) is 17.8. The second-order valence-corrected chi connectivity index (χ2v) is 8.45. The van der Waals surface area contributed by atoms with E-state index < -0.39 is 11.8 Å². The maximum atomic E-state index is 13.3. The molecular weight excluding hydrogens is 456 g/mol. The van der Waals surface area contributed by atoms with Crippen molar-refractivity contribution in [3.63, 3.8) is 0 Å². The standard InChI is InChI=1S/C25H18N2O6S/c1-30-20-5-3-2-4-16(20)25(29)17(10-14-6-8-18-19(11-14)27-34-26-18)23(24(28)33-25)15-7-9-21-22(12-15)32-13-31-21/h2-9,11-12,29H,10,13H2,1H3. The van der Waals surface area contributed by atoms with Crippen molar-refractivity contribution < 1.29 is 28.8 Å². The predicted molar refractivity (Wildman–Crippen MR) is 124 cm³/mol. The minimum atomic E-state index is -2.02. The molecule has 0 fully saturated rings. The van der Waals surface area contributed by atoms with Crippen molar-refractivity contribution in [2.24, 2.45) is 0 Å². The van der Waals surface area contributed by atoms with Gasteiger partial charge in [0.1, 0.15) is 16.8 Å². The molecule has 1 atom stereocenters. The first kappa shape index (κ1) is 20.6. The Morgan fingerprint density at radius 2 is 1.85 bits per heavy atom. The van der Waals surface area contributed by atoms with Gasteiger partial charge in [0.05, 0.1) is 30.0 Å². The van der Waals surface area contributed by atoms with Crippen LogP contribution in [-0.4, -0.2) is 33.7 Å². The van der Waals surface area contributed by atoms with E-state index in [2.05, 4.69) is 8.75 Å². The molecule has 2 aliphatic rings. The number of nitrogens with zero attached hydrogens (tertiary/aromatic N) is 2. The number of benzene rings is 3. The number of aromatic nitrogens is 2. The Hall–Kier alpha value is -3.95. The monoisotopic (exact) mass is 474 g/mol. The molecule has 9 heteroatoms. The zero-order valence-corrected chi connectivity index (χ0v) is 18.8. The molecule has 6 rings (SSSR count). The van der Waals surface area contributed by atoms with Crippen LogP contribution in [0.15, 0.2) is 66.2 Å². The molecule has 2 aliphatic heterocycles. The average molecular weight is 474 g/mol. The van der Waals surface area contributed by atoms with Crippen molar-refractivity contribution >= 4 is 34.3 Å². The molecule has 0 aliphatic carbocycles. The molecule has 0 saturated heterocycles. The fourth-order valence-corrected chi connectivity index (χ4v) is 4.89. The van der Waals surface area contributed by atoms with Gasteiger partial charge >= 0.3 is 5.97 Å². The molecule has 0 radical (unpaired) electrons. The first-order chi connectivity index (χ1) is 16.6. The topological polar surface area (TPSA) is 100 Å². The van der Waals surface area contributed by atoms with E-state index in [-0.39, 0.29) is 18.8 Å². The van der Waals surface area contributed by atoms with Crippen LogP contribution in [0, 0.1) is 0 Å². The Kier molecular flexibility index (Phi) is 4.75. The summed E-state index contributed by atoms with van der Waals surface area (Å²) in [6.45, 7) is 0.113. The van der Waals surface area contributed by atoms with E-state index in [1.165, 1.54) is 7.11 Å². The quantitative estimate of drug-likeness (QED) is 0.436. The number of carbonyl (C=O) groups is 1. The van der Waals surface area contributed by atoms with Gasteiger partial charge in [0, 0.05) is 12.0 Å². The highest BCUT2D eigenvalue weighted by molar-refractivity contribution is 7.00. The number of esters is 1. The molecule has 1 aromatic heterocycles. The van der Waals surface area contributed by atoms with E-state index in [4.69, 9.17) is 18.9 Å². The summed E-state index contributed by atoms with van der Waals surface area (Å²) in [6.07, 6.45) is 0.234. The van der Waals surface area contributed by atoms with Crippen LogP contribution < -0.4 is 14.2 Å². The van der Waals surface area contributed by atoms with E-state index in [0.29, 0.717) is 33.9 Å². The van der Waals surface area contributed by atoms with Crippen LogP contribution in [0.2, 0.25) is 0 Å². The third-order valence-corrected chi connectivity index (χ3v) is 6.54. The number of hydrogen-bond donors (Lipinski definition) is 1. The third-order valence-electron chi connectivity index (χ3n) is 5.99. The molecule has 3 heterocycles. The number of ether oxygens (including phenoxy) is 4. The van der Waals surface area contributed by atoms with Crippen LogP contribution in [0.1, 0.15) is 16.7 Å². The molecule has 170 valence electrons. The van der Waals surface area contributed by atoms with Gasteiger partial charge in [-0.05, 0) is 47.5 Å². The van der Waals surface area contributed by atoms with Gasteiger partial charge < -0.3 is 24.1 Å². The molecule has 0 bridgehead atoms. The van der Waals surface area contributed by atoms with Gasteiger partial charge in [-0.3, -0.25) is 0 Å². The fraction of sp³-hybridized carbons (Fsp3) is 0.160. The van der Waals surface area contributed by atoms with Crippen molar-refractivity contribution in [2.45, 2.75) is 12.2 Å². The highest BCUT2D eigenvalue weighted by Crippen LogP contribution is 2.48. The summed E-state index contributed by atoms with van der Waals surface area (Å²) >= 11 is 1.13. The van der Waals surface area contributed by atoms with Gasteiger partial charge in [-0.2, -0.15) is 8.75 Å². The largest absolute Gasteiger partial charge is 0.496 e. The van der Waals surface area contributed by atoms with Crippen LogP contribution in [-0.2, 0) is 21.7 Å². The highest BCUT2D eigenvalue weighted by atomic mass is 32.1. The van der Waals surface area contributed by atoms with Crippen LogP contribution >= 0.6 is 11.7 Å². The molecule has 0 saturated carbocycles. The number of aliphatic hydroxyl groups is 1. The van der Waals surface area contributed by atoms with Gasteiger partial charge in [0.15, 0.2) is 11.5 Å². The summed E-state index contributed by atoms with van der Waals surface area (Å²) in [5.41, 5.74) is 3.95. The van der Waals surface area contributed by atoms with Gasteiger partial charge in [-0.25, -0.2) is 4.79 Å². The lowest BCUT2D eigenvalue weighted by molar-refractivity contribution is -0.185. The number of carbonyl (C=O) groups excluding carboxylic acids is 1. The summed E-state index contributed by atoms with van der Waals surface area (Å²) < 4.78 is 30.6. The number of para-hydroxylation sites is 1. The van der Waals surface area contributed by atoms with E-state index in [0.717, 1.165) is 28.3 Å². The van der Waals surface area contributed by atoms with Gasteiger partial charge in [0.25, 0.3) is 5.79 Å². The first-order valence-electron chi connectivity index (χ1n) is 10.5. The van der Waals surface area contributed by atoms with Crippen molar-refractivity contribution in [1.82, 2.24) is 8.75 Å². The molecular formula is C25H18N2O6S. The summed E-state index contributed by atoms with van der Waals surface area (Å²) in [4.78, 5) is 13.3. The second kappa shape index (κ2) is 7.82. The number of hydrogen-bond acceptors (Lipinski definition) is 9. The minimum absolute atomic E-state index is 0.113. The van der Waals surface area contributed by atoms with E-state index in [9.17, 15) is 9.90 Å². The van der Waals surface area contributed by atoms with Gasteiger partial charge in [-0.15, -0.1) is 0 Å².